The summed E-state index contributed by atoms with van der Waals surface area (Å²) in [6.45, 7) is 0. The van der Waals surface area contributed by atoms with E-state index in [1.165, 1.54) is 0 Å². The zero-order valence-corrected chi connectivity index (χ0v) is 8.60. The Morgan fingerprint density at radius 1 is 0.500 bits per heavy atom. The summed E-state index contributed by atoms with van der Waals surface area (Å²) in [6, 6.07) is 0. The highest BCUT2D eigenvalue weighted by Gasteiger charge is 0.933. The van der Waals surface area contributed by atoms with Gasteiger partial charge in [0.2, 0.25) is 0 Å². The first-order valence-corrected chi connectivity index (χ1v) is 5.89. The largest absolute Gasteiger partial charge is 0.104 e. The summed E-state index contributed by atoms with van der Waals surface area (Å²) >= 11 is 13.7. The number of hydrogen-bond donors (Lipinski definition) is 0. The van der Waals surface area contributed by atoms with E-state index in [1.54, 1.807) is 0 Å². The summed E-state index contributed by atoms with van der Waals surface area (Å²) in [7, 11) is 5.67. The predicted octanol–water partition coefficient (Wildman–Crippen LogP) is 3.05. The molecule has 0 fully saturated rings. The Kier molecular flexibility index (Phi) is 152. The van der Waals surface area contributed by atoms with Gasteiger partial charge >= 0.3 is 0 Å². The van der Waals surface area contributed by atoms with Gasteiger partial charge in [0.1, 0.15) is 0 Å². The van der Waals surface area contributed by atoms with Crippen LogP contribution in [0.3, 0.4) is 0 Å². The molecule has 0 aliphatic carbocycles. The van der Waals surface area contributed by atoms with Crippen molar-refractivity contribution in [1.29, 1.82) is 0 Å². The van der Waals surface area contributed by atoms with Crippen LogP contribution < -0.4 is 0 Å². The molecule has 0 saturated heterocycles. The minimum Gasteiger partial charge on any atom is -0.104 e. The monoisotopic (exact) mass is 204 g/mol. The van der Waals surface area contributed by atoms with E-state index in [4.69, 9.17) is 0 Å². The lowest BCUT2D eigenvalue weighted by molar-refractivity contribution is 5.25. The van der Waals surface area contributed by atoms with Crippen LogP contribution in [-0.4, -0.2) is 0 Å². The zero-order chi connectivity index (χ0) is 6.00. The van der Waals surface area contributed by atoms with Gasteiger partial charge in [0.05, 0.1) is 0 Å². The Hall–Kier alpha value is 2.16. The summed E-state index contributed by atoms with van der Waals surface area (Å²) < 4.78 is 0. The van der Waals surface area contributed by atoms with Crippen LogP contribution in [-0.2, 0) is 0 Å². The molecule has 0 N–H and O–H groups in total. The fraction of sp³-hybridized carbons (Fsp3) is 0. The summed E-state index contributed by atoms with van der Waals surface area (Å²) in [6.07, 6.45) is 0. The first-order valence-electron chi connectivity index (χ1n) is 0.655. The lowest BCUT2D eigenvalue weighted by atomic mass is 30.8. The molecule has 0 aliphatic rings. The van der Waals surface area contributed by atoms with Crippen molar-refractivity contribution < 1.29 is 0 Å². The van der Waals surface area contributed by atoms with Crippen LogP contribution in [0.1, 0.15) is 0 Å². The van der Waals surface area contributed by atoms with Gasteiger partial charge in [-0.1, -0.05) is 0 Å². The molecule has 0 aromatic heterocycles. The Morgan fingerprint density at radius 2 is 0.500 bits per heavy atom. The van der Waals surface area contributed by atoms with E-state index in [1.807, 2.05) is 25.8 Å². The van der Waals surface area contributed by atoms with Crippen LogP contribution in [0.4, 0.5) is 0 Å². The minimum absolute atomic E-state index is 1.89. The Morgan fingerprint density at radius 3 is 0.500 bits per heavy atom. The van der Waals surface area contributed by atoms with Crippen LogP contribution in [0, 0.1) is 0 Å². The fourth-order valence-corrected chi connectivity index (χ4v) is 0. The third-order valence-electron chi connectivity index (χ3n) is 0. The van der Waals surface area contributed by atoms with Gasteiger partial charge in [-0.15, -0.1) is 33.7 Å². The molecule has 42 valence electrons. The Balaban J connectivity index is -0.0000000225. The molecule has 0 aromatic carbocycles. The second-order valence-corrected chi connectivity index (χ2v) is 0. The normalized spacial score (nSPS) is 3.00. The van der Waals surface area contributed by atoms with E-state index >= 15 is 0 Å². The third kappa shape index (κ3) is 35.2. The maximum absolute atomic E-state index is 4.56. The number of halogens is 3. The molecule has 6 heteroatoms. The van der Waals surface area contributed by atoms with E-state index in [2.05, 4.69) is 33.7 Å². The minimum atomic E-state index is 1.89. The van der Waals surface area contributed by atoms with Gasteiger partial charge in [0, 0.05) is 0 Å². The van der Waals surface area contributed by atoms with Crippen LogP contribution >= 0.6 is 59.5 Å². The fourth-order valence-electron chi connectivity index (χ4n) is 0. The maximum Gasteiger partial charge on any atom is -0.0393 e. The van der Waals surface area contributed by atoms with E-state index in [9.17, 15) is 0 Å². The Bertz CT molecular complexity index is 6.00. The van der Waals surface area contributed by atoms with Crippen molar-refractivity contribution in [2.24, 2.45) is 0 Å². The van der Waals surface area contributed by atoms with Gasteiger partial charge in [-0.3, -0.25) is 0 Å². The molecule has 0 heterocycles. The molecule has 0 rings (SSSR count). The summed E-state index contributed by atoms with van der Waals surface area (Å²) in [4.78, 5) is 0. The third-order valence-corrected chi connectivity index (χ3v) is 0. The summed E-state index contributed by atoms with van der Waals surface area (Å²) in [5.41, 5.74) is 0. The van der Waals surface area contributed by atoms with E-state index in [-0.39, 0.29) is 0 Å². The standard InChI is InChI=1S/3ClH2P/c3*1-2/h3*2H2. The molecule has 0 nitrogen and oxygen atoms in total. The van der Waals surface area contributed by atoms with Gasteiger partial charge in [-0.25, -0.2) is 0 Å². The van der Waals surface area contributed by atoms with Crippen molar-refractivity contribution in [2.75, 3.05) is 0 Å². The van der Waals surface area contributed by atoms with Gasteiger partial charge in [-0.05, 0) is 25.8 Å². The highest BCUT2D eigenvalue weighted by atomic mass is 35.7. The second-order valence-electron chi connectivity index (χ2n) is 0. The molecule has 0 bridgehead atoms. The van der Waals surface area contributed by atoms with Gasteiger partial charge in [0.15, 0.2) is 0 Å². The van der Waals surface area contributed by atoms with E-state index < -0.39 is 0 Å². The van der Waals surface area contributed by atoms with Crippen LogP contribution in [0.5, 0.6) is 0 Å². The van der Waals surface area contributed by atoms with E-state index in [0.29, 0.717) is 0 Å². The number of hydrogen-bond acceptors (Lipinski definition) is 0. The molecule has 3 unspecified atom stereocenters. The molecule has 6 heavy (non-hydrogen) atoms. The molecular formula is H6Cl3P3. The molecule has 0 spiro atoms. The highest BCUT2D eigenvalue weighted by Crippen LogP contribution is 1.78. The first kappa shape index (κ1) is 15.7. The second kappa shape index (κ2) is 58.2. The summed E-state index contributed by atoms with van der Waals surface area (Å²) in [5.74, 6) is 0. The van der Waals surface area contributed by atoms with Crippen molar-refractivity contribution in [2.45, 2.75) is 0 Å². The number of rotatable bonds is 0. The molecule has 0 saturated carbocycles. The average Bonchev–Trinajstić information content (AvgIpc) is 1.81. The SMILES string of the molecule is PCl.PCl.PCl. The quantitative estimate of drug-likeness (QED) is 0.533. The van der Waals surface area contributed by atoms with Crippen molar-refractivity contribution in [1.82, 2.24) is 0 Å². The van der Waals surface area contributed by atoms with Crippen molar-refractivity contribution in [3.8, 4) is 0 Å². The van der Waals surface area contributed by atoms with Crippen molar-refractivity contribution >= 4 is 59.5 Å². The van der Waals surface area contributed by atoms with Crippen LogP contribution in [0.25, 0.3) is 0 Å². The molecule has 0 radical (unpaired) electrons. The first-order chi connectivity index (χ1) is 3.00. The van der Waals surface area contributed by atoms with Crippen molar-refractivity contribution in [3.05, 3.63) is 0 Å². The van der Waals surface area contributed by atoms with E-state index in [0.717, 1.165) is 0 Å². The van der Waals surface area contributed by atoms with Crippen LogP contribution in [0.2, 0.25) is 0 Å². The lowest BCUT2D eigenvalue weighted by Crippen LogP contribution is -0.228. The molecular weight excluding hydrogens is 199 g/mol. The average molecular weight is 205 g/mol. The smallest absolute Gasteiger partial charge is 0.0393 e. The topological polar surface area (TPSA) is 0 Å². The molecule has 3 atom stereocenters. The summed E-state index contributed by atoms with van der Waals surface area (Å²) in [5, 5.41) is 0. The highest BCUT2D eigenvalue weighted by molar-refractivity contribution is 7.52. The Labute approximate surface area is 59.7 Å². The van der Waals surface area contributed by atoms with Gasteiger partial charge in [0.25, 0.3) is 0 Å². The molecule has 0 aliphatic heterocycles. The molecule has 0 amide bonds. The van der Waals surface area contributed by atoms with Crippen molar-refractivity contribution in [3.63, 3.8) is 0 Å². The maximum atomic E-state index is 4.56. The van der Waals surface area contributed by atoms with Crippen LogP contribution in [0.15, 0.2) is 0 Å². The lowest BCUT2D eigenvalue weighted by Gasteiger charge is -1.07. The zero-order valence-electron chi connectivity index (χ0n) is 2.87. The predicted molar refractivity (Wildman–Crippen MR) is 46.7 cm³/mol. The molecule has 0 aromatic rings. The van der Waals surface area contributed by atoms with Gasteiger partial charge in [-0.2, -0.15) is 0 Å². The van der Waals surface area contributed by atoms with Gasteiger partial charge < -0.3 is 0 Å².